The Labute approximate surface area is 486 Å². The standard InChI is InChI=1S/C30H35N9O4.C16H17N5O.C13H20N4O2/c1-30(2,3)43-29(41)34-21-17-39(18-21)22-8-10-31-24(16-22)36-28(40)33-20-6-4-19(5-7-20)26-35-23-9-11-32-27(25(23)37-26)38-12-14-42-15-13-38;17-12-3-1-11(2-4-12)15-19-13-5-6-18-16(14(13)20-15)21-7-9-22-10-8-21;1-13(2,3)19-12(18)16-9-7-17(8-9)10-4-5-15-11(14)6-10/h4-11,16,21H,12-15,17-18H2,1-3H3,(H,34,41)(H,35,37)(H2,31,33,36,40);1-6H,7-10,17H2,(H,19,20);4-6,9H,7-8H2,1-3H3,(H2,14,15)(H,16,18). The van der Waals surface area contributed by atoms with Crippen molar-refractivity contribution in [1.29, 1.82) is 0 Å². The van der Waals surface area contributed by atoms with E-state index in [4.69, 9.17) is 40.4 Å². The van der Waals surface area contributed by atoms with Gasteiger partial charge in [-0.1, -0.05) is 0 Å². The van der Waals surface area contributed by atoms with Gasteiger partial charge in [-0.05, 0) is 114 Å². The number of hydrogen-bond donors (Lipinski definition) is 8. The van der Waals surface area contributed by atoms with Crippen molar-refractivity contribution in [3.05, 3.63) is 110 Å². The fourth-order valence-corrected chi connectivity index (χ4v) is 9.59. The summed E-state index contributed by atoms with van der Waals surface area (Å²) in [4.78, 5) is 78.5. The molecule has 4 aliphatic rings. The molecular weight excluding hydrogens is 1070 g/mol. The number of amides is 4. The summed E-state index contributed by atoms with van der Waals surface area (Å²) in [6, 6.07) is 26.1. The number of nitrogens with zero attached hydrogens (tertiary/aromatic N) is 10. The molecule has 0 saturated carbocycles. The Hall–Kier alpha value is -9.49. The number of alkyl carbamates (subject to hydrolysis) is 2. The first-order valence-corrected chi connectivity index (χ1v) is 27.9. The van der Waals surface area contributed by atoms with Gasteiger partial charge in [0.2, 0.25) is 0 Å². The Morgan fingerprint density at radius 3 is 1.45 bits per heavy atom. The van der Waals surface area contributed by atoms with Gasteiger partial charge in [-0.25, -0.2) is 44.3 Å². The van der Waals surface area contributed by atoms with E-state index >= 15 is 0 Å². The van der Waals surface area contributed by atoms with Crippen LogP contribution in [-0.4, -0.2) is 160 Å². The minimum absolute atomic E-state index is 0.00579. The number of imidazole rings is 2. The molecule has 0 bridgehead atoms. The third kappa shape index (κ3) is 15.1. The number of aromatic amines is 2. The molecule has 25 heteroatoms. The lowest BCUT2D eigenvalue weighted by atomic mass is 10.1. The van der Waals surface area contributed by atoms with E-state index in [1.165, 1.54) is 0 Å². The first kappa shape index (κ1) is 57.7. The number of carbonyl (C=O) groups excluding carboxylic acids is 3. The van der Waals surface area contributed by atoms with E-state index in [1.54, 1.807) is 24.7 Å². The van der Waals surface area contributed by atoms with Crippen LogP contribution in [0.15, 0.2) is 110 Å². The van der Waals surface area contributed by atoms with Crippen LogP contribution in [0.25, 0.3) is 44.8 Å². The predicted octanol–water partition coefficient (Wildman–Crippen LogP) is 7.63. The Morgan fingerprint density at radius 1 is 0.548 bits per heavy atom. The third-order valence-electron chi connectivity index (χ3n) is 13.7. The molecule has 0 radical (unpaired) electrons. The lowest BCUT2D eigenvalue weighted by Crippen LogP contribution is -2.60. The van der Waals surface area contributed by atoms with Gasteiger partial charge in [0.1, 0.15) is 45.5 Å². The molecule has 0 unspecified atom stereocenters. The summed E-state index contributed by atoms with van der Waals surface area (Å²) in [6.07, 6.45) is 6.13. The van der Waals surface area contributed by atoms with Crippen molar-refractivity contribution in [2.75, 3.05) is 120 Å². The van der Waals surface area contributed by atoms with Crippen LogP contribution < -0.4 is 52.3 Å². The van der Waals surface area contributed by atoms with Gasteiger partial charge in [0.15, 0.2) is 11.6 Å². The van der Waals surface area contributed by atoms with Crippen molar-refractivity contribution in [2.24, 2.45) is 0 Å². The molecule has 2 aromatic carbocycles. The van der Waals surface area contributed by atoms with Crippen molar-refractivity contribution in [2.45, 2.75) is 64.8 Å². The summed E-state index contributed by atoms with van der Waals surface area (Å²) in [6.45, 7) is 19.9. The van der Waals surface area contributed by atoms with Crippen molar-refractivity contribution in [1.82, 2.24) is 50.5 Å². The Morgan fingerprint density at radius 2 is 0.988 bits per heavy atom. The number of nitrogens with one attached hydrogen (secondary N) is 6. The first-order chi connectivity index (χ1) is 40.3. The third-order valence-corrected chi connectivity index (χ3v) is 13.7. The van der Waals surface area contributed by atoms with Crippen LogP contribution in [0.1, 0.15) is 41.5 Å². The van der Waals surface area contributed by atoms with E-state index < -0.39 is 23.3 Å². The zero-order valence-electron chi connectivity index (χ0n) is 48.0. The largest absolute Gasteiger partial charge is 0.444 e. The zero-order valence-corrected chi connectivity index (χ0v) is 48.0. The molecule has 10 heterocycles. The maximum absolute atomic E-state index is 12.7. The second-order valence-electron chi connectivity index (χ2n) is 22.5. The van der Waals surface area contributed by atoms with Gasteiger partial charge < -0.3 is 75.9 Å². The van der Waals surface area contributed by atoms with E-state index in [0.29, 0.717) is 43.6 Å². The van der Waals surface area contributed by atoms with Crippen LogP contribution in [0.3, 0.4) is 0 Å². The number of nitrogens with two attached hydrogens (primary N) is 2. The SMILES string of the molecule is CC(C)(C)OC(=O)NC1CN(c2ccnc(N)c2)C1.CC(C)(C)OC(=O)NC1CN(c2ccnc(NC(=O)Nc3ccc(-c4nc5c(N6CCOCC6)nccc5[nH]4)cc3)c2)C1.Nc1ccc(-c2nc3c(N4CCOCC4)nccc3[nH]2)cc1. The zero-order chi connectivity index (χ0) is 59.0. The molecule has 4 saturated heterocycles. The quantitative estimate of drug-likeness (QED) is 0.0610. The van der Waals surface area contributed by atoms with Gasteiger partial charge in [0.05, 0.1) is 49.5 Å². The second kappa shape index (κ2) is 25.3. The number of nitrogen functional groups attached to an aromatic ring is 2. The highest BCUT2D eigenvalue weighted by atomic mass is 16.6. The number of H-pyrrole nitrogens is 2. The summed E-state index contributed by atoms with van der Waals surface area (Å²) in [5.74, 6) is 4.24. The van der Waals surface area contributed by atoms with Gasteiger partial charge >= 0.3 is 18.2 Å². The number of ether oxygens (including phenoxy) is 4. The van der Waals surface area contributed by atoms with E-state index in [1.807, 2.05) is 127 Å². The summed E-state index contributed by atoms with van der Waals surface area (Å²) >= 11 is 0. The average molecular weight is 1150 g/mol. The average Bonchev–Trinajstić information content (AvgIpc) is 2.94. The molecule has 6 aromatic heterocycles. The topological polar surface area (TPSA) is 310 Å². The second-order valence-corrected chi connectivity index (χ2v) is 22.5. The molecule has 0 atom stereocenters. The maximum Gasteiger partial charge on any atom is 0.407 e. The number of fused-ring (bicyclic) bond motifs is 2. The highest BCUT2D eigenvalue weighted by molar-refractivity contribution is 5.99. The summed E-state index contributed by atoms with van der Waals surface area (Å²) in [7, 11) is 0. The minimum Gasteiger partial charge on any atom is -0.444 e. The van der Waals surface area contributed by atoms with Gasteiger partial charge in [-0.2, -0.15) is 0 Å². The molecule has 440 valence electrons. The molecule has 0 spiro atoms. The van der Waals surface area contributed by atoms with Crippen LogP contribution in [0.5, 0.6) is 0 Å². The minimum atomic E-state index is -0.540. The molecular formula is C59H72N18O7. The van der Waals surface area contributed by atoms with Gasteiger partial charge in [-0.15, -0.1) is 0 Å². The molecule has 10 N–H and O–H groups in total. The highest BCUT2D eigenvalue weighted by Crippen LogP contribution is 2.30. The van der Waals surface area contributed by atoms with Crippen LogP contribution in [0.2, 0.25) is 0 Å². The van der Waals surface area contributed by atoms with Crippen LogP contribution in [0, 0.1) is 0 Å². The Kier molecular flexibility index (Phi) is 17.4. The van der Waals surface area contributed by atoms with Crippen molar-refractivity contribution >= 4 is 86.3 Å². The smallest absolute Gasteiger partial charge is 0.407 e. The maximum atomic E-state index is 12.7. The molecule has 84 heavy (non-hydrogen) atoms. The highest BCUT2D eigenvalue weighted by Gasteiger charge is 2.32. The van der Waals surface area contributed by atoms with Crippen LogP contribution >= 0.6 is 0 Å². The molecule has 25 nitrogen and oxygen atoms in total. The van der Waals surface area contributed by atoms with Crippen molar-refractivity contribution in [3.63, 3.8) is 0 Å². The molecule has 8 aromatic rings. The number of carbonyl (C=O) groups is 3. The number of benzene rings is 2. The number of morpholine rings is 2. The molecule has 4 fully saturated rings. The molecule has 4 aliphatic heterocycles. The van der Waals surface area contributed by atoms with Gasteiger partial charge in [0.25, 0.3) is 0 Å². The Bertz CT molecular complexity index is 3540. The monoisotopic (exact) mass is 1140 g/mol. The number of anilines is 8. The number of hydrogen-bond acceptors (Lipinski definition) is 19. The van der Waals surface area contributed by atoms with Crippen LogP contribution in [0.4, 0.5) is 60.4 Å². The van der Waals surface area contributed by atoms with E-state index in [9.17, 15) is 14.4 Å². The molecule has 0 aliphatic carbocycles. The first-order valence-electron chi connectivity index (χ1n) is 27.9. The van der Waals surface area contributed by atoms with Gasteiger partial charge in [0, 0.05) is 123 Å². The van der Waals surface area contributed by atoms with Crippen molar-refractivity contribution < 1.29 is 33.3 Å². The molecule has 12 rings (SSSR count). The number of pyridine rings is 4. The number of urea groups is 1. The van der Waals surface area contributed by atoms with E-state index in [-0.39, 0.29) is 18.2 Å². The summed E-state index contributed by atoms with van der Waals surface area (Å²) < 4.78 is 21.4. The predicted molar refractivity (Wildman–Crippen MR) is 325 cm³/mol. The van der Waals surface area contributed by atoms with E-state index in [0.717, 1.165) is 126 Å². The molecule has 4 amide bonds. The fourth-order valence-electron chi connectivity index (χ4n) is 9.59. The normalized spacial score (nSPS) is 15.6. The van der Waals surface area contributed by atoms with Crippen LogP contribution in [-0.2, 0) is 18.9 Å². The van der Waals surface area contributed by atoms with Gasteiger partial charge in [-0.3, -0.25) is 5.32 Å². The summed E-state index contributed by atoms with van der Waals surface area (Å²) in [5, 5.41) is 11.3. The number of aromatic nitrogens is 8. The lowest BCUT2D eigenvalue weighted by Gasteiger charge is -2.41. The number of rotatable bonds is 10. The lowest BCUT2D eigenvalue weighted by molar-refractivity contribution is 0.0484. The fraction of sp³-hybridized carbons (Fsp3) is 0.373. The van der Waals surface area contributed by atoms with Crippen molar-refractivity contribution in [3.8, 4) is 22.8 Å². The van der Waals surface area contributed by atoms with E-state index in [2.05, 4.69) is 70.8 Å². The summed E-state index contributed by atoms with van der Waals surface area (Å²) in [5.41, 5.74) is 19.2. The Balaban J connectivity index is 0.000000159.